The van der Waals surface area contributed by atoms with Gasteiger partial charge in [-0.25, -0.2) is 4.79 Å². The Labute approximate surface area is 81.3 Å². The van der Waals surface area contributed by atoms with Gasteiger partial charge in [-0.05, 0) is 6.42 Å². The largest absolute Gasteiger partial charge is 0.390 e. The molecule has 1 saturated heterocycles. The normalized spacial score (nSPS) is 32.3. The van der Waals surface area contributed by atoms with Gasteiger partial charge >= 0.3 is 5.69 Å². The minimum absolute atomic E-state index is 0.151. The Balaban J connectivity index is 2.16. The number of aliphatic hydroxyl groups is 1. The monoisotopic (exact) mass is 198 g/mol. The van der Waals surface area contributed by atoms with E-state index in [2.05, 4.69) is 4.98 Å². The number of ether oxygens (including phenoxy) is 1. The van der Waals surface area contributed by atoms with E-state index in [1.54, 1.807) is 12.4 Å². The van der Waals surface area contributed by atoms with E-state index >= 15 is 0 Å². The summed E-state index contributed by atoms with van der Waals surface area (Å²) in [6.07, 6.45) is 3.50. The van der Waals surface area contributed by atoms with Gasteiger partial charge < -0.3 is 14.8 Å². The van der Waals surface area contributed by atoms with Crippen LogP contribution >= 0.6 is 0 Å². The summed E-state index contributed by atoms with van der Waals surface area (Å²) in [6, 6.07) is 0. The van der Waals surface area contributed by atoms with Crippen molar-refractivity contribution in [3.8, 4) is 0 Å². The maximum atomic E-state index is 11.3. The summed E-state index contributed by atoms with van der Waals surface area (Å²) in [7, 11) is 0. The van der Waals surface area contributed by atoms with Crippen molar-refractivity contribution >= 4 is 0 Å². The number of nitrogens with zero attached hydrogens (tertiary/aromatic N) is 1. The predicted molar refractivity (Wildman–Crippen MR) is 49.9 cm³/mol. The van der Waals surface area contributed by atoms with E-state index in [9.17, 15) is 9.90 Å². The van der Waals surface area contributed by atoms with Gasteiger partial charge in [-0.1, -0.05) is 6.92 Å². The Kier molecular flexibility index (Phi) is 2.43. The summed E-state index contributed by atoms with van der Waals surface area (Å²) in [5, 5.41) is 9.60. The first kappa shape index (κ1) is 9.48. The van der Waals surface area contributed by atoms with Crippen LogP contribution in [0.3, 0.4) is 0 Å². The molecule has 0 spiro atoms. The van der Waals surface area contributed by atoms with Crippen molar-refractivity contribution in [3.05, 3.63) is 22.9 Å². The van der Waals surface area contributed by atoms with Crippen molar-refractivity contribution in [3.63, 3.8) is 0 Å². The minimum Gasteiger partial charge on any atom is -0.390 e. The molecule has 0 bridgehead atoms. The second-order valence-electron chi connectivity index (χ2n) is 3.51. The van der Waals surface area contributed by atoms with Crippen molar-refractivity contribution in [2.24, 2.45) is 0 Å². The molecule has 78 valence electrons. The molecular formula is C9H14N2O3. The molecule has 2 heterocycles. The Morgan fingerprint density at radius 2 is 2.57 bits per heavy atom. The molecule has 1 aromatic heterocycles. The number of aliphatic hydroxyl groups excluding tert-OH is 1. The second-order valence-corrected chi connectivity index (χ2v) is 3.51. The Bertz CT molecular complexity index is 357. The zero-order valence-corrected chi connectivity index (χ0v) is 8.01. The van der Waals surface area contributed by atoms with Crippen LogP contribution in [0.25, 0.3) is 0 Å². The highest BCUT2D eigenvalue weighted by molar-refractivity contribution is 4.85. The number of aromatic amines is 1. The smallest absolute Gasteiger partial charge is 0.327 e. The third kappa shape index (κ3) is 1.49. The minimum atomic E-state index is -0.466. The van der Waals surface area contributed by atoms with Crippen molar-refractivity contribution in [1.82, 2.24) is 9.55 Å². The van der Waals surface area contributed by atoms with Crippen LogP contribution < -0.4 is 5.69 Å². The van der Waals surface area contributed by atoms with Gasteiger partial charge in [0.2, 0.25) is 0 Å². The standard InChI is InChI=1S/C9H14N2O3/c1-2-7-6(12)5-8(14-7)11-4-3-10-9(11)13/h3-4,6-8,12H,2,5H2,1H3,(H,10,13)/t6?,7-,8-/m1/s1. The van der Waals surface area contributed by atoms with Crippen molar-refractivity contribution in [1.29, 1.82) is 0 Å². The van der Waals surface area contributed by atoms with Crippen LogP contribution in [0.4, 0.5) is 0 Å². The molecule has 1 unspecified atom stereocenters. The lowest BCUT2D eigenvalue weighted by atomic mass is 10.1. The van der Waals surface area contributed by atoms with E-state index in [0.29, 0.717) is 6.42 Å². The number of nitrogens with one attached hydrogen (secondary N) is 1. The number of hydrogen-bond acceptors (Lipinski definition) is 3. The molecule has 1 fully saturated rings. The number of rotatable bonds is 2. The van der Waals surface area contributed by atoms with Gasteiger partial charge in [0.05, 0.1) is 12.2 Å². The molecule has 0 amide bonds. The molecule has 1 aliphatic rings. The average molecular weight is 198 g/mol. The Morgan fingerprint density at radius 3 is 3.07 bits per heavy atom. The molecular weight excluding hydrogens is 184 g/mol. The first-order valence-corrected chi connectivity index (χ1v) is 4.81. The highest BCUT2D eigenvalue weighted by Gasteiger charge is 2.33. The topological polar surface area (TPSA) is 67.2 Å². The van der Waals surface area contributed by atoms with E-state index in [-0.39, 0.29) is 18.0 Å². The van der Waals surface area contributed by atoms with Crippen LogP contribution in [0.5, 0.6) is 0 Å². The fraction of sp³-hybridized carbons (Fsp3) is 0.667. The molecule has 0 radical (unpaired) electrons. The van der Waals surface area contributed by atoms with Crippen LogP contribution in [0.2, 0.25) is 0 Å². The van der Waals surface area contributed by atoms with Gasteiger partial charge in [0.1, 0.15) is 6.23 Å². The number of H-pyrrole nitrogens is 1. The average Bonchev–Trinajstić information content (AvgIpc) is 2.71. The van der Waals surface area contributed by atoms with E-state index < -0.39 is 6.10 Å². The molecule has 5 heteroatoms. The summed E-state index contributed by atoms with van der Waals surface area (Å²) < 4.78 is 7.01. The highest BCUT2D eigenvalue weighted by atomic mass is 16.5. The molecule has 5 nitrogen and oxygen atoms in total. The van der Waals surface area contributed by atoms with E-state index in [1.807, 2.05) is 6.92 Å². The SMILES string of the molecule is CC[C@H]1O[C@@H](n2cc[nH]c2=O)CC1O. The Hall–Kier alpha value is -1.07. The summed E-state index contributed by atoms with van der Waals surface area (Å²) in [5.74, 6) is 0. The highest BCUT2D eigenvalue weighted by Crippen LogP contribution is 2.28. The molecule has 2 N–H and O–H groups in total. The van der Waals surface area contributed by atoms with Gasteiger partial charge in [0.25, 0.3) is 0 Å². The lowest BCUT2D eigenvalue weighted by Crippen LogP contribution is -2.22. The van der Waals surface area contributed by atoms with Gasteiger partial charge in [0, 0.05) is 18.8 Å². The van der Waals surface area contributed by atoms with Crippen molar-refractivity contribution in [2.75, 3.05) is 0 Å². The summed E-state index contributed by atoms with van der Waals surface area (Å²) in [6.45, 7) is 1.95. The van der Waals surface area contributed by atoms with Crippen LogP contribution in [0.15, 0.2) is 17.2 Å². The summed E-state index contributed by atoms with van der Waals surface area (Å²) in [4.78, 5) is 13.8. The molecule has 2 rings (SSSR count). The molecule has 0 aliphatic carbocycles. The fourth-order valence-corrected chi connectivity index (χ4v) is 1.81. The maximum absolute atomic E-state index is 11.3. The Morgan fingerprint density at radius 1 is 1.79 bits per heavy atom. The molecule has 1 aliphatic heterocycles. The number of hydrogen-bond donors (Lipinski definition) is 2. The molecule has 0 saturated carbocycles. The van der Waals surface area contributed by atoms with E-state index in [4.69, 9.17) is 4.74 Å². The third-order valence-electron chi connectivity index (χ3n) is 2.59. The first-order valence-electron chi connectivity index (χ1n) is 4.81. The molecule has 3 atom stereocenters. The summed E-state index contributed by atoms with van der Waals surface area (Å²) in [5.41, 5.74) is -0.195. The lowest BCUT2D eigenvalue weighted by molar-refractivity contribution is -0.0210. The van der Waals surface area contributed by atoms with Crippen LogP contribution in [-0.2, 0) is 4.74 Å². The zero-order chi connectivity index (χ0) is 10.1. The third-order valence-corrected chi connectivity index (χ3v) is 2.59. The van der Waals surface area contributed by atoms with Gasteiger partial charge in [-0.15, -0.1) is 0 Å². The van der Waals surface area contributed by atoms with Crippen LogP contribution in [0.1, 0.15) is 26.0 Å². The lowest BCUT2D eigenvalue weighted by Gasteiger charge is -2.12. The molecule has 0 aromatic carbocycles. The number of aromatic nitrogens is 2. The molecule has 1 aromatic rings. The number of imidazole rings is 1. The second kappa shape index (κ2) is 3.59. The van der Waals surface area contributed by atoms with Crippen molar-refractivity contribution in [2.45, 2.75) is 38.2 Å². The van der Waals surface area contributed by atoms with Crippen molar-refractivity contribution < 1.29 is 9.84 Å². The van der Waals surface area contributed by atoms with E-state index in [1.165, 1.54) is 4.57 Å². The van der Waals surface area contributed by atoms with E-state index in [0.717, 1.165) is 6.42 Å². The molecule has 14 heavy (non-hydrogen) atoms. The first-order chi connectivity index (χ1) is 6.72. The predicted octanol–water partition coefficient (Wildman–Crippen LogP) is 0.235. The van der Waals surface area contributed by atoms with Gasteiger partial charge in [-0.3, -0.25) is 4.57 Å². The summed E-state index contributed by atoms with van der Waals surface area (Å²) >= 11 is 0. The maximum Gasteiger partial charge on any atom is 0.327 e. The van der Waals surface area contributed by atoms with Gasteiger partial charge in [-0.2, -0.15) is 0 Å². The van der Waals surface area contributed by atoms with Gasteiger partial charge in [0.15, 0.2) is 0 Å². The zero-order valence-electron chi connectivity index (χ0n) is 8.01. The fourth-order valence-electron chi connectivity index (χ4n) is 1.81. The van der Waals surface area contributed by atoms with Crippen LogP contribution in [0, 0.1) is 0 Å². The quantitative estimate of drug-likeness (QED) is 0.715. The van der Waals surface area contributed by atoms with Crippen LogP contribution in [-0.4, -0.2) is 26.9 Å².